The highest BCUT2D eigenvalue weighted by Gasteiger charge is 2.16. The Balaban J connectivity index is 2.67. The molecule has 1 amide bonds. The molecule has 0 aliphatic rings. The molecule has 0 bridgehead atoms. The summed E-state index contributed by atoms with van der Waals surface area (Å²) in [6.07, 6.45) is -0.525. The Morgan fingerprint density at radius 1 is 1.45 bits per heavy atom. The summed E-state index contributed by atoms with van der Waals surface area (Å²) in [5, 5.41) is 23.1. The van der Waals surface area contributed by atoms with E-state index < -0.39 is 11.0 Å². The van der Waals surface area contributed by atoms with Crippen molar-refractivity contribution in [3.63, 3.8) is 0 Å². The highest BCUT2D eigenvalue weighted by Crippen LogP contribution is 2.21. The van der Waals surface area contributed by atoms with Crippen molar-refractivity contribution < 1.29 is 14.8 Å². The maximum Gasteiger partial charge on any atom is 0.272 e. The van der Waals surface area contributed by atoms with Crippen LogP contribution in [0.15, 0.2) is 18.2 Å². The number of hydrogen-bond donors (Lipinski definition) is 2. The third-order valence-corrected chi connectivity index (χ3v) is 3.24. The van der Waals surface area contributed by atoms with Crippen molar-refractivity contribution in [3.05, 3.63) is 39.4 Å². The SMILES string of the molecule is Cc1c(CC(=O)NCC(O)C(C)C)cccc1[N+](=O)[O-]. The number of aliphatic hydroxyl groups is 1. The molecule has 0 saturated carbocycles. The summed E-state index contributed by atoms with van der Waals surface area (Å²) in [6.45, 7) is 5.54. The Labute approximate surface area is 118 Å². The van der Waals surface area contributed by atoms with Gasteiger partial charge in [-0.1, -0.05) is 26.0 Å². The lowest BCUT2D eigenvalue weighted by Gasteiger charge is -2.15. The van der Waals surface area contributed by atoms with Crippen molar-refractivity contribution in [1.29, 1.82) is 0 Å². The van der Waals surface area contributed by atoms with Crippen LogP contribution in [-0.2, 0) is 11.2 Å². The molecule has 1 atom stereocenters. The maximum absolute atomic E-state index is 11.8. The first-order chi connectivity index (χ1) is 9.32. The van der Waals surface area contributed by atoms with E-state index in [-0.39, 0.29) is 30.5 Å². The van der Waals surface area contributed by atoms with Gasteiger partial charge in [0.05, 0.1) is 17.4 Å². The Morgan fingerprint density at radius 3 is 2.65 bits per heavy atom. The zero-order chi connectivity index (χ0) is 15.3. The summed E-state index contributed by atoms with van der Waals surface area (Å²) in [7, 11) is 0. The summed E-state index contributed by atoms with van der Waals surface area (Å²) in [5.41, 5.74) is 1.13. The molecule has 0 radical (unpaired) electrons. The molecule has 1 aromatic carbocycles. The lowest BCUT2D eigenvalue weighted by atomic mass is 10.0. The van der Waals surface area contributed by atoms with Crippen LogP contribution in [0, 0.1) is 23.0 Å². The monoisotopic (exact) mass is 280 g/mol. The molecule has 110 valence electrons. The average molecular weight is 280 g/mol. The van der Waals surface area contributed by atoms with Crippen LogP contribution in [0.25, 0.3) is 0 Å². The number of nitrogens with zero attached hydrogens (tertiary/aromatic N) is 1. The van der Waals surface area contributed by atoms with E-state index in [1.54, 1.807) is 19.1 Å². The third kappa shape index (κ3) is 4.31. The summed E-state index contributed by atoms with van der Waals surface area (Å²) >= 11 is 0. The number of carbonyl (C=O) groups is 1. The Morgan fingerprint density at radius 2 is 2.10 bits per heavy atom. The van der Waals surface area contributed by atoms with Crippen molar-refractivity contribution in [2.45, 2.75) is 33.3 Å². The van der Waals surface area contributed by atoms with Crippen molar-refractivity contribution in [3.8, 4) is 0 Å². The summed E-state index contributed by atoms with van der Waals surface area (Å²) in [6, 6.07) is 4.68. The lowest BCUT2D eigenvalue weighted by Crippen LogP contribution is -2.35. The minimum atomic E-state index is -0.592. The third-order valence-electron chi connectivity index (χ3n) is 3.24. The van der Waals surface area contributed by atoms with Gasteiger partial charge in [0.25, 0.3) is 5.69 Å². The van der Waals surface area contributed by atoms with E-state index in [4.69, 9.17) is 0 Å². The summed E-state index contributed by atoms with van der Waals surface area (Å²) in [5.74, 6) is -0.192. The molecule has 0 fully saturated rings. The number of aliphatic hydroxyl groups excluding tert-OH is 1. The number of carbonyl (C=O) groups excluding carboxylic acids is 1. The topological polar surface area (TPSA) is 92.5 Å². The normalized spacial score (nSPS) is 12.2. The van der Waals surface area contributed by atoms with E-state index in [0.29, 0.717) is 11.1 Å². The molecule has 1 aromatic rings. The largest absolute Gasteiger partial charge is 0.391 e. The first-order valence-corrected chi connectivity index (χ1v) is 6.50. The van der Waals surface area contributed by atoms with Gasteiger partial charge in [-0.05, 0) is 18.4 Å². The standard InChI is InChI=1S/C14H20N2O4/c1-9(2)13(17)8-15-14(18)7-11-5-4-6-12(10(11)3)16(19)20/h4-6,9,13,17H,7-8H2,1-3H3,(H,15,18). The van der Waals surface area contributed by atoms with Crippen LogP contribution in [0.4, 0.5) is 5.69 Å². The van der Waals surface area contributed by atoms with E-state index >= 15 is 0 Å². The summed E-state index contributed by atoms with van der Waals surface area (Å²) < 4.78 is 0. The fraction of sp³-hybridized carbons (Fsp3) is 0.500. The van der Waals surface area contributed by atoms with Gasteiger partial charge in [-0.2, -0.15) is 0 Å². The zero-order valence-electron chi connectivity index (χ0n) is 11.9. The van der Waals surface area contributed by atoms with Crippen LogP contribution >= 0.6 is 0 Å². The van der Waals surface area contributed by atoms with Crippen LogP contribution in [-0.4, -0.2) is 28.6 Å². The van der Waals surface area contributed by atoms with Gasteiger partial charge in [-0.15, -0.1) is 0 Å². The van der Waals surface area contributed by atoms with E-state index in [2.05, 4.69) is 5.32 Å². The van der Waals surface area contributed by atoms with E-state index in [0.717, 1.165) is 0 Å². The molecule has 0 spiro atoms. The first kappa shape index (κ1) is 16.1. The molecule has 6 heteroatoms. The Bertz CT molecular complexity index is 500. The first-order valence-electron chi connectivity index (χ1n) is 6.50. The van der Waals surface area contributed by atoms with Crippen molar-refractivity contribution >= 4 is 11.6 Å². The zero-order valence-corrected chi connectivity index (χ0v) is 11.9. The minimum Gasteiger partial charge on any atom is -0.391 e. The van der Waals surface area contributed by atoms with Gasteiger partial charge in [-0.3, -0.25) is 14.9 Å². The van der Waals surface area contributed by atoms with E-state index in [1.807, 2.05) is 13.8 Å². The van der Waals surface area contributed by atoms with Crippen LogP contribution in [0.2, 0.25) is 0 Å². The number of hydrogen-bond acceptors (Lipinski definition) is 4. The number of nitro benzene ring substituents is 1. The molecule has 0 aliphatic carbocycles. The van der Waals surface area contributed by atoms with Gasteiger partial charge < -0.3 is 10.4 Å². The molecule has 1 rings (SSSR count). The predicted octanol–water partition coefficient (Wildman–Crippen LogP) is 1.58. The van der Waals surface area contributed by atoms with E-state index in [9.17, 15) is 20.0 Å². The average Bonchev–Trinajstić information content (AvgIpc) is 2.37. The van der Waals surface area contributed by atoms with E-state index in [1.165, 1.54) is 6.07 Å². The highest BCUT2D eigenvalue weighted by atomic mass is 16.6. The van der Waals surface area contributed by atoms with Crippen molar-refractivity contribution in [2.24, 2.45) is 5.92 Å². The molecule has 0 aliphatic heterocycles. The van der Waals surface area contributed by atoms with Crippen LogP contribution in [0.1, 0.15) is 25.0 Å². The van der Waals surface area contributed by atoms with Crippen molar-refractivity contribution in [1.82, 2.24) is 5.32 Å². The number of nitro groups is 1. The highest BCUT2D eigenvalue weighted by molar-refractivity contribution is 5.79. The molecule has 0 heterocycles. The Kier molecular flexibility index (Phi) is 5.64. The fourth-order valence-corrected chi connectivity index (χ4v) is 1.75. The molecular weight excluding hydrogens is 260 g/mol. The van der Waals surface area contributed by atoms with Gasteiger partial charge >= 0.3 is 0 Å². The maximum atomic E-state index is 11.8. The molecular formula is C14H20N2O4. The second-order valence-corrected chi connectivity index (χ2v) is 5.11. The predicted molar refractivity (Wildman–Crippen MR) is 75.4 cm³/mol. The molecule has 20 heavy (non-hydrogen) atoms. The molecule has 0 saturated heterocycles. The second kappa shape index (κ2) is 7.00. The fourth-order valence-electron chi connectivity index (χ4n) is 1.75. The number of benzene rings is 1. The molecule has 0 aromatic heterocycles. The lowest BCUT2D eigenvalue weighted by molar-refractivity contribution is -0.385. The van der Waals surface area contributed by atoms with Gasteiger partial charge in [0.2, 0.25) is 5.91 Å². The van der Waals surface area contributed by atoms with Gasteiger partial charge in [-0.25, -0.2) is 0 Å². The van der Waals surface area contributed by atoms with Gasteiger partial charge in [0, 0.05) is 18.2 Å². The van der Waals surface area contributed by atoms with Gasteiger partial charge in [0.1, 0.15) is 0 Å². The quantitative estimate of drug-likeness (QED) is 0.611. The van der Waals surface area contributed by atoms with Crippen LogP contribution < -0.4 is 5.32 Å². The van der Waals surface area contributed by atoms with Crippen molar-refractivity contribution in [2.75, 3.05) is 6.54 Å². The summed E-state index contributed by atoms with van der Waals surface area (Å²) in [4.78, 5) is 22.1. The van der Waals surface area contributed by atoms with Crippen LogP contribution in [0.5, 0.6) is 0 Å². The Hall–Kier alpha value is -1.95. The number of amides is 1. The molecule has 2 N–H and O–H groups in total. The minimum absolute atomic E-state index is 0.0116. The number of rotatable bonds is 6. The van der Waals surface area contributed by atoms with Crippen LogP contribution in [0.3, 0.4) is 0 Å². The smallest absolute Gasteiger partial charge is 0.272 e. The second-order valence-electron chi connectivity index (χ2n) is 5.11. The number of nitrogens with one attached hydrogen (secondary N) is 1. The molecule has 1 unspecified atom stereocenters. The molecule has 6 nitrogen and oxygen atoms in total. The van der Waals surface area contributed by atoms with Gasteiger partial charge in [0.15, 0.2) is 0 Å².